The van der Waals surface area contributed by atoms with Crippen LogP contribution < -0.4 is 20.1 Å². The first-order valence-corrected chi connectivity index (χ1v) is 14.0. The Bertz CT molecular complexity index is 1640. The molecule has 0 spiro atoms. The van der Waals surface area contributed by atoms with E-state index in [2.05, 4.69) is 20.6 Å². The third-order valence-corrected chi connectivity index (χ3v) is 6.56. The van der Waals surface area contributed by atoms with Gasteiger partial charge in [-0.05, 0) is 39.1 Å². The molecule has 5 rings (SSSR count). The van der Waals surface area contributed by atoms with Gasteiger partial charge < -0.3 is 24.8 Å². The van der Waals surface area contributed by atoms with Crippen LogP contribution in [0.2, 0.25) is 0 Å². The Morgan fingerprint density at radius 2 is 1.74 bits per heavy atom. The molecule has 0 fully saturated rings. The molecule has 0 saturated heterocycles. The summed E-state index contributed by atoms with van der Waals surface area (Å²) in [5, 5.41) is 11.8. The zero-order valence-electron chi connectivity index (χ0n) is 24.2. The first-order valence-electron chi connectivity index (χ1n) is 14.0. The highest BCUT2D eigenvalue weighted by Gasteiger charge is 2.20. The lowest BCUT2D eigenvalue weighted by Gasteiger charge is -2.19. The maximum atomic E-state index is 15.0. The van der Waals surface area contributed by atoms with Gasteiger partial charge in [-0.25, -0.2) is 18.7 Å². The lowest BCUT2D eigenvalue weighted by molar-refractivity contribution is 0.0294. The number of para-hydroxylation sites is 1. The van der Waals surface area contributed by atoms with Gasteiger partial charge in [0.2, 0.25) is 0 Å². The van der Waals surface area contributed by atoms with Crippen molar-refractivity contribution in [2.75, 3.05) is 38.7 Å². The first-order chi connectivity index (χ1) is 21.0. The average molecular weight is 590 g/mol. The number of fused-ring (bicyclic) bond motifs is 1. The minimum Gasteiger partial charge on any atom is -0.494 e. The van der Waals surface area contributed by atoms with Crippen molar-refractivity contribution < 1.29 is 23.0 Å². The highest BCUT2D eigenvalue weighted by Crippen LogP contribution is 2.32. The molecule has 5 aromatic rings. The molecule has 2 aromatic carbocycles. The summed E-state index contributed by atoms with van der Waals surface area (Å²) >= 11 is 0. The van der Waals surface area contributed by atoms with E-state index < -0.39 is 11.6 Å². The molecular formula is C31H33F2N7O3. The van der Waals surface area contributed by atoms with Crippen LogP contribution in [0.25, 0.3) is 22.4 Å². The highest BCUT2D eigenvalue weighted by molar-refractivity contribution is 5.92. The molecule has 0 radical (unpaired) electrons. The molecular weight excluding hydrogens is 556 g/mol. The van der Waals surface area contributed by atoms with Crippen LogP contribution in [0.1, 0.15) is 19.4 Å². The number of rotatable bonds is 14. The number of benzene rings is 2. The van der Waals surface area contributed by atoms with Crippen LogP contribution in [-0.4, -0.2) is 64.2 Å². The van der Waals surface area contributed by atoms with Gasteiger partial charge in [-0.3, -0.25) is 9.67 Å². The molecule has 43 heavy (non-hydrogen) atoms. The number of nitrogens with zero attached hydrogens (tertiary/aromatic N) is 5. The summed E-state index contributed by atoms with van der Waals surface area (Å²) in [5.41, 5.74) is 1.75. The van der Waals surface area contributed by atoms with E-state index in [1.165, 1.54) is 12.1 Å². The molecule has 10 nitrogen and oxygen atoms in total. The summed E-state index contributed by atoms with van der Waals surface area (Å²) in [6.45, 7) is 5.28. The number of hydrogen-bond acceptors (Lipinski definition) is 9. The van der Waals surface area contributed by atoms with Crippen molar-refractivity contribution in [1.82, 2.24) is 30.0 Å². The quantitative estimate of drug-likeness (QED) is 0.177. The normalized spacial score (nSPS) is 11.9. The number of halogens is 2. The fourth-order valence-electron chi connectivity index (χ4n) is 4.61. The number of ether oxygens (including phenoxy) is 3. The molecule has 0 aliphatic carbocycles. The molecule has 1 atom stereocenters. The zero-order chi connectivity index (χ0) is 30.2. The molecule has 0 aliphatic heterocycles. The van der Waals surface area contributed by atoms with Crippen LogP contribution in [-0.2, 0) is 11.3 Å². The molecule has 12 heteroatoms. The van der Waals surface area contributed by atoms with E-state index in [-0.39, 0.29) is 30.6 Å². The van der Waals surface area contributed by atoms with Crippen molar-refractivity contribution in [1.29, 1.82) is 0 Å². The molecule has 3 aromatic heterocycles. The minimum atomic E-state index is -0.713. The minimum absolute atomic E-state index is 0.126. The molecule has 0 aliphatic rings. The number of aromatic nitrogens is 5. The number of pyridine rings is 1. The van der Waals surface area contributed by atoms with Crippen LogP contribution in [0.5, 0.6) is 11.5 Å². The Labute approximate surface area is 248 Å². The second kappa shape index (κ2) is 14.0. The molecule has 3 heterocycles. The molecule has 0 bridgehead atoms. The van der Waals surface area contributed by atoms with E-state index in [9.17, 15) is 8.78 Å². The van der Waals surface area contributed by atoms with Crippen molar-refractivity contribution in [3.8, 4) is 23.0 Å². The van der Waals surface area contributed by atoms with Gasteiger partial charge in [0.15, 0.2) is 17.4 Å². The standard InChI is InChI=1S/C31H33F2N7O3/c1-4-41-21-14-25(32)24(26(33)15-21)18-40-27-9-7-6-8-23(27)29(39-40)31-36-17-28(43-19-22(16-34-3)42-5-2)30(38-31)37-20-10-12-35-13-11-20/h6-15,17,22,34H,4-5,16,18-19H2,1-3H3,(H,35,36,37,38). The van der Waals surface area contributed by atoms with Gasteiger partial charge in [-0.1, -0.05) is 18.2 Å². The van der Waals surface area contributed by atoms with E-state index in [0.717, 1.165) is 11.1 Å². The average Bonchev–Trinajstić information content (AvgIpc) is 3.37. The number of hydrogen-bond donors (Lipinski definition) is 2. The summed E-state index contributed by atoms with van der Waals surface area (Å²) in [4.78, 5) is 13.4. The van der Waals surface area contributed by atoms with Gasteiger partial charge in [0, 0.05) is 54.3 Å². The first kappa shape index (κ1) is 29.8. The van der Waals surface area contributed by atoms with Crippen LogP contribution in [0, 0.1) is 11.6 Å². The van der Waals surface area contributed by atoms with Gasteiger partial charge in [-0.15, -0.1) is 0 Å². The molecule has 224 valence electrons. The maximum absolute atomic E-state index is 15.0. The topological polar surface area (TPSA) is 108 Å². The van der Waals surface area contributed by atoms with E-state index >= 15 is 0 Å². The third-order valence-electron chi connectivity index (χ3n) is 6.56. The Balaban J connectivity index is 1.52. The number of anilines is 2. The summed E-state index contributed by atoms with van der Waals surface area (Å²) in [6, 6.07) is 13.4. The van der Waals surface area contributed by atoms with Gasteiger partial charge in [0.25, 0.3) is 0 Å². The molecule has 0 saturated carbocycles. The van der Waals surface area contributed by atoms with Crippen molar-refractivity contribution in [3.63, 3.8) is 0 Å². The second-order valence-corrected chi connectivity index (χ2v) is 9.54. The Morgan fingerprint density at radius 3 is 2.47 bits per heavy atom. The smallest absolute Gasteiger partial charge is 0.183 e. The van der Waals surface area contributed by atoms with Crippen LogP contribution in [0.3, 0.4) is 0 Å². The Kier molecular flexibility index (Phi) is 9.70. The SMILES string of the molecule is CCOc1cc(F)c(Cn2nc(-c3ncc(OCC(CNC)OCC)c(Nc4ccncc4)n3)c3ccccc32)c(F)c1. The molecule has 0 amide bonds. The monoisotopic (exact) mass is 589 g/mol. The Morgan fingerprint density at radius 1 is 0.977 bits per heavy atom. The largest absolute Gasteiger partial charge is 0.494 e. The second-order valence-electron chi connectivity index (χ2n) is 9.54. The molecule has 2 N–H and O–H groups in total. The van der Waals surface area contributed by atoms with Crippen molar-refractivity contribution in [3.05, 3.63) is 84.3 Å². The summed E-state index contributed by atoms with van der Waals surface area (Å²) in [5.74, 6) is -0.148. The fraction of sp³-hybridized carbons (Fsp3) is 0.290. The van der Waals surface area contributed by atoms with Gasteiger partial charge >= 0.3 is 0 Å². The van der Waals surface area contributed by atoms with Gasteiger partial charge in [-0.2, -0.15) is 5.10 Å². The van der Waals surface area contributed by atoms with E-state index in [1.54, 1.807) is 42.3 Å². The van der Waals surface area contributed by atoms with Crippen molar-refractivity contribution in [2.24, 2.45) is 0 Å². The van der Waals surface area contributed by atoms with Crippen molar-refractivity contribution >= 4 is 22.4 Å². The summed E-state index contributed by atoms with van der Waals surface area (Å²) in [7, 11) is 1.85. The number of nitrogens with one attached hydrogen (secondary N) is 2. The fourth-order valence-corrected chi connectivity index (χ4v) is 4.61. The summed E-state index contributed by atoms with van der Waals surface area (Å²) < 4.78 is 48.6. The summed E-state index contributed by atoms with van der Waals surface area (Å²) in [6.07, 6.45) is 4.73. The molecule has 1 unspecified atom stereocenters. The van der Waals surface area contributed by atoms with Gasteiger partial charge in [0.1, 0.15) is 35.8 Å². The lowest BCUT2D eigenvalue weighted by Crippen LogP contribution is -2.32. The maximum Gasteiger partial charge on any atom is 0.183 e. The Hall–Kier alpha value is -4.68. The predicted molar refractivity (Wildman–Crippen MR) is 160 cm³/mol. The van der Waals surface area contributed by atoms with E-state index in [4.69, 9.17) is 24.3 Å². The van der Waals surface area contributed by atoms with Crippen molar-refractivity contribution in [2.45, 2.75) is 26.5 Å². The van der Waals surface area contributed by atoms with E-state index in [1.807, 2.05) is 38.2 Å². The van der Waals surface area contributed by atoms with Crippen LogP contribution in [0.15, 0.2) is 67.1 Å². The van der Waals surface area contributed by atoms with Gasteiger partial charge in [0.05, 0.1) is 24.9 Å². The lowest BCUT2D eigenvalue weighted by atomic mass is 10.1. The predicted octanol–water partition coefficient (Wildman–Crippen LogP) is 5.36. The number of likely N-dealkylation sites (N-methyl/N-ethyl adjacent to an activating group) is 1. The highest BCUT2D eigenvalue weighted by atomic mass is 19.1. The third kappa shape index (κ3) is 7.04. The van der Waals surface area contributed by atoms with Crippen LogP contribution >= 0.6 is 0 Å². The van der Waals surface area contributed by atoms with E-state index in [0.29, 0.717) is 48.4 Å². The van der Waals surface area contributed by atoms with Crippen LogP contribution in [0.4, 0.5) is 20.3 Å². The zero-order valence-corrected chi connectivity index (χ0v) is 24.2.